The van der Waals surface area contributed by atoms with Gasteiger partial charge in [-0.05, 0) is 25.1 Å². The van der Waals surface area contributed by atoms with Crippen LogP contribution in [-0.2, 0) is 0 Å². The molecule has 82 valence electrons. The number of ether oxygens (including phenoxy) is 1. The predicted octanol–water partition coefficient (Wildman–Crippen LogP) is 1.74. The molecule has 1 heterocycles. The van der Waals surface area contributed by atoms with Gasteiger partial charge in [0, 0.05) is 23.7 Å². The third-order valence-electron chi connectivity index (χ3n) is 2.87. The van der Waals surface area contributed by atoms with Crippen molar-refractivity contribution in [3.05, 3.63) is 23.8 Å². The molecule has 0 saturated carbocycles. The standard InChI is InChI=1S/C12H18N2O/c1-2-14-8-9-6-7-15-11-5-3-4-10(13)12(9)11/h3-5,9,14H,2,6-8,13H2,1H3. The summed E-state index contributed by atoms with van der Waals surface area (Å²) in [6.07, 6.45) is 1.05. The number of rotatable bonds is 3. The second kappa shape index (κ2) is 4.53. The van der Waals surface area contributed by atoms with E-state index in [1.54, 1.807) is 0 Å². The number of likely N-dealkylation sites (N-methyl/N-ethyl adjacent to an activating group) is 1. The Morgan fingerprint density at radius 1 is 1.53 bits per heavy atom. The second-order valence-electron chi connectivity index (χ2n) is 3.90. The molecular weight excluding hydrogens is 188 g/mol. The van der Waals surface area contributed by atoms with Crippen molar-refractivity contribution in [1.82, 2.24) is 5.32 Å². The van der Waals surface area contributed by atoms with E-state index in [0.29, 0.717) is 5.92 Å². The molecule has 1 unspecified atom stereocenters. The van der Waals surface area contributed by atoms with Crippen LogP contribution in [0.5, 0.6) is 5.75 Å². The molecule has 0 aliphatic carbocycles. The number of fused-ring (bicyclic) bond motifs is 1. The lowest BCUT2D eigenvalue weighted by Gasteiger charge is -2.27. The lowest BCUT2D eigenvalue weighted by atomic mass is 9.91. The van der Waals surface area contributed by atoms with Crippen LogP contribution >= 0.6 is 0 Å². The Kier molecular flexibility index (Phi) is 3.11. The number of nitrogen functional groups attached to an aromatic ring is 1. The molecule has 1 aromatic carbocycles. The summed E-state index contributed by atoms with van der Waals surface area (Å²) in [6.45, 7) is 4.90. The van der Waals surface area contributed by atoms with Crippen LogP contribution in [0.3, 0.4) is 0 Å². The number of nitrogens with one attached hydrogen (secondary N) is 1. The summed E-state index contributed by atoms with van der Waals surface area (Å²) in [5.41, 5.74) is 8.04. The van der Waals surface area contributed by atoms with Gasteiger partial charge in [0.2, 0.25) is 0 Å². The largest absolute Gasteiger partial charge is 0.493 e. The molecular formula is C12H18N2O. The van der Waals surface area contributed by atoms with Crippen LogP contribution in [-0.4, -0.2) is 19.7 Å². The minimum atomic E-state index is 0.495. The average Bonchev–Trinajstić information content (AvgIpc) is 2.26. The fourth-order valence-electron chi connectivity index (χ4n) is 2.10. The molecule has 1 atom stereocenters. The van der Waals surface area contributed by atoms with Gasteiger partial charge in [0.15, 0.2) is 0 Å². The summed E-state index contributed by atoms with van der Waals surface area (Å²) < 4.78 is 5.61. The zero-order valence-electron chi connectivity index (χ0n) is 9.12. The molecule has 0 bridgehead atoms. The molecule has 0 radical (unpaired) electrons. The summed E-state index contributed by atoms with van der Waals surface area (Å²) >= 11 is 0. The van der Waals surface area contributed by atoms with Gasteiger partial charge in [-0.15, -0.1) is 0 Å². The van der Waals surface area contributed by atoms with E-state index in [1.807, 2.05) is 18.2 Å². The van der Waals surface area contributed by atoms with E-state index in [9.17, 15) is 0 Å². The zero-order valence-corrected chi connectivity index (χ0v) is 9.12. The van der Waals surface area contributed by atoms with Crippen molar-refractivity contribution in [1.29, 1.82) is 0 Å². The quantitative estimate of drug-likeness (QED) is 0.741. The highest BCUT2D eigenvalue weighted by Crippen LogP contribution is 2.37. The zero-order chi connectivity index (χ0) is 10.7. The lowest BCUT2D eigenvalue weighted by molar-refractivity contribution is 0.265. The predicted molar refractivity (Wildman–Crippen MR) is 62.3 cm³/mol. The van der Waals surface area contributed by atoms with Crippen LogP contribution in [0, 0.1) is 0 Å². The molecule has 0 spiro atoms. The highest BCUT2D eigenvalue weighted by Gasteiger charge is 2.22. The van der Waals surface area contributed by atoms with Gasteiger partial charge in [-0.1, -0.05) is 13.0 Å². The maximum absolute atomic E-state index is 6.00. The molecule has 1 aliphatic heterocycles. The van der Waals surface area contributed by atoms with Crippen LogP contribution in [0.2, 0.25) is 0 Å². The fraction of sp³-hybridized carbons (Fsp3) is 0.500. The number of hydrogen-bond acceptors (Lipinski definition) is 3. The third kappa shape index (κ3) is 2.07. The van der Waals surface area contributed by atoms with Crippen molar-refractivity contribution in [2.45, 2.75) is 19.3 Å². The number of anilines is 1. The van der Waals surface area contributed by atoms with Gasteiger partial charge in [-0.2, -0.15) is 0 Å². The van der Waals surface area contributed by atoms with Crippen molar-refractivity contribution in [2.75, 3.05) is 25.4 Å². The average molecular weight is 206 g/mol. The number of hydrogen-bond donors (Lipinski definition) is 2. The van der Waals surface area contributed by atoms with Crippen LogP contribution in [0.15, 0.2) is 18.2 Å². The maximum Gasteiger partial charge on any atom is 0.124 e. The van der Waals surface area contributed by atoms with E-state index in [4.69, 9.17) is 10.5 Å². The second-order valence-corrected chi connectivity index (χ2v) is 3.90. The first-order valence-corrected chi connectivity index (χ1v) is 5.54. The minimum absolute atomic E-state index is 0.495. The van der Waals surface area contributed by atoms with E-state index in [0.717, 1.165) is 37.6 Å². The Labute approximate surface area is 90.6 Å². The molecule has 1 aliphatic rings. The monoisotopic (exact) mass is 206 g/mol. The molecule has 1 aromatic rings. The van der Waals surface area contributed by atoms with Gasteiger partial charge >= 0.3 is 0 Å². The van der Waals surface area contributed by atoms with Crippen molar-refractivity contribution >= 4 is 5.69 Å². The van der Waals surface area contributed by atoms with Crippen LogP contribution in [0.25, 0.3) is 0 Å². The number of benzene rings is 1. The summed E-state index contributed by atoms with van der Waals surface area (Å²) in [5, 5.41) is 3.37. The van der Waals surface area contributed by atoms with Crippen LogP contribution in [0.1, 0.15) is 24.8 Å². The Hall–Kier alpha value is -1.22. The van der Waals surface area contributed by atoms with E-state index in [-0.39, 0.29) is 0 Å². The Morgan fingerprint density at radius 2 is 2.40 bits per heavy atom. The van der Waals surface area contributed by atoms with E-state index >= 15 is 0 Å². The van der Waals surface area contributed by atoms with Gasteiger partial charge in [0.25, 0.3) is 0 Å². The first kappa shape index (κ1) is 10.3. The summed E-state index contributed by atoms with van der Waals surface area (Å²) in [6, 6.07) is 5.90. The molecule has 3 nitrogen and oxygen atoms in total. The molecule has 2 rings (SSSR count). The maximum atomic E-state index is 6.00. The van der Waals surface area contributed by atoms with E-state index < -0.39 is 0 Å². The van der Waals surface area contributed by atoms with Crippen LogP contribution < -0.4 is 15.8 Å². The summed E-state index contributed by atoms with van der Waals surface area (Å²) in [7, 11) is 0. The van der Waals surface area contributed by atoms with Gasteiger partial charge in [0.05, 0.1) is 6.61 Å². The molecule has 3 heteroatoms. The highest BCUT2D eigenvalue weighted by atomic mass is 16.5. The Morgan fingerprint density at radius 3 is 3.20 bits per heavy atom. The molecule has 0 fully saturated rings. The van der Waals surface area contributed by atoms with Crippen molar-refractivity contribution in [3.63, 3.8) is 0 Å². The van der Waals surface area contributed by atoms with Gasteiger partial charge < -0.3 is 15.8 Å². The summed E-state index contributed by atoms with van der Waals surface area (Å²) in [5.74, 6) is 1.46. The molecule has 3 N–H and O–H groups in total. The van der Waals surface area contributed by atoms with Crippen LogP contribution in [0.4, 0.5) is 5.69 Å². The topological polar surface area (TPSA) is 47.3 Å². The minimum Gasteiger partial charge on any atom is -0.493 e. The van der Waals surface area contributed by atoms with Crippen molar-refractivity contribution in [3.8, 4) is 5.75 Å². The van der Waals surface area contributed by atoms with Gasteiger partial charge in [-0.25, -0.2) is 0 Å². The first-order chi connectivity index (χ1) is 7.33. The molecule has 0 saturated heterocycles. The SMILES string of the molecule is CCNCC1CCOc2cccc(N)c21. The Balaban J connectivity index is 2.24. The van der Waals surface area contributed by atoms with E-state index in [2.05, 4.69) is 12.2 Å². The normalized spacial score (nSPS) is 19.4. The highest BCUT2D eigenvalue weighted by molar-refractivity contribution is 5.57. The third-order valence-corrected chi connectivity index (χ3v) is 2.87. The smallest absolute Gasteiger partial charge is 0.124 e. The van der Waals surface area contributed by atoms with Gasteiger partial charge in [0.1, 0.15) is 5.75 Å². The summed E-state index contributed by atoms with van der Waals surface area (Å²) in [4.78, 5) is 0. The van der Waals surface area contributed by atoms with Gasteiger partial charge in [-0.3, -0.25) is 0 Å². The molecule has 0 amide bonds. The molecule has 0 aromatic heterocycles. The van der Waals surface area contributed by atoms with Crippen molar-refractivity contribution in [2.24, 2.45) is 0 Å². The number of nitrogens with two attached hydrogens (primary N) is 1. The Bertz CT molecular complexity index is 338. The van der Waals surface area contributed by atoms with Crippen molar-refractivity contribution < 1.29 is 4.74 Å². The first-order valence-electron chi connectivity index (χ1n) is 5.54. The fourth-order valence-corrected chi connectivity index (χ4v) is 2.10. The lowest BCUT2D eigenvalue weighted by Crippen LogP contribution is -2.26. The van der Waals surface area contributed by atoms with E-state index in [1.165, 1.54) is 5.56 Å². The molecule has 15 heavy (non-hydrogen) atoms.